The van der Waals surface area contributed by atoms with Gasteiger partial charge in [0.2, 0.25) is 15.9 Å². The number of nitrogens with zero attached hydrogens (tertiary/aromatic N) is 2. The number of hydrogen-bond acceptors (Lipinski definition) is 5. The number of imide groups is 1. The predicted octanol–water partition coefficient (Wildman–Crippen LogP) is -0.0717. The first-order chi connectivity index (χ1) is 10.8. The minimum Gasteiger partial charge on any atom is -0.495 e. The Morgan fingerprint density at radius 2 is 1.96 bits per heavy atom. The van der Waals surface area contributed by atoms with Crippen LogP contribution in [0.3, 0.4) is 0 Å². The van der Waals surface area contributed by atoms with Crippen LogP contribution in [0.25, 0.3) is 0 Å². The van der Waals surface area contributed by atoms with Crippen LogP contribution in [0.4, 0.5) is 4.79 Å². The molecular weight excluding hydrogens is 322 g/mol. The van der Waals surface area contributed by atoms with Crippen LogP contribution in [-0.2, 0) is 14.8 Å². The number of hydrogen-bond donors (Lipinski definition) is 1. The number of aryl methyl sites for hydroxylation is 1. The van der Waals surface area contributed by atoms with Crippen LogP contribution in [0.15, 0.2) is 23.1 Å². The standard InChI is InChI=1S/C14H17N3O5S/c1-9-3-4-11(22-2)12(5-9)23(20,21)16-7-10(8-16)17-13(18)6-15-14(17)19/h3-5,10H,6-8H2,1-2H3,(H,15,19). The third kappa shape index (κ3) is 2.55. The summed E-state index contributed by atoms with van der Waals surface area (Å²) in [5.74, 6) is -0.0563. The van der Waals surface area contributed by atoms with Crippen molar-refractivity contribution in [2.45, 2.75) is 17.9 Å². The van der Waals surface area contributed by atoms with Crippen LogP contribution in [-0.4, -0.2) is 62.3 Å². The second kappa shape index (κ2) is 5.50. The summed E-state index contributed by atoms with van der Waals surface area (Å²) >= 11 is 0. The molecule has 0 radical (unpaired) electrons. The molecule has 2 fully saturated rings. The van der Waals surface area contributed by atoms with E-state index in [4.69, 9.17) is 4.74 Å². The Bertz CT molecular complexity index is 755. The van der Waals surface area contributed by atoms with Crippen molar-refractivity contribution in [2.75, 3.05) is 26.7 Å². The van der Waals surface area contributed by atoms with Gasteiger partial charge < -0.3 is 10.1 Å². The Labute approximate surface area is 134 Å². The summed E-state index contributed by atoms with van der Waals surface area (Å²) in [6, 6.07) is 4.04. The second-order valence-corrected chi connectivity index (χ2v) is 7.46. The molecule has 124 valence electrons. The number of carbonyl (C=O) groups excluding carboxylic acids is 2. The van der Waals surface area contributed by atoms with Crippen molar-refractivity contribution in [1.82, 2.24) is 14.5 Å². The summed E-state index contributed by atoms with van der Waals surface area (Å²) in [6.45, 7) is 1.95. The molecule has 1 aromatic carbocycles. The average molecular weight is 339 g/mol. The van der Waals surface area contributed by atoms with E-state index in [9.17, 15) is 18.0 Å². The van der Waals surface area contributed by atoms with Gasteiger partial charge in [-0.1, -0.05) is 6.07 Å². The zero-order valence-electron chi connectivity index (χ0n) is 12.8. The number of rotatable bonds is 4. The molecule has 0 bridgehead atoms. The van der Waals surface area contributed by atoms with Gasteiger partial charge in [0.05, 0.1) is 19.7 Å². The average Bonchev–Trinajstić information content (AvgIpc) is 2.78. The number of methoxy groups -OCH3 is 1. The van der Waals surface area contributed by atoms with Crippen LogP contribution in [0, 0.1) is 6.92 Å². The number of sulfonamides is 1. The van der Waals surface area contributed by atoms with Crippen molar-refractivity contribution < 1.29 is 22.7 Å². The number of urea groups is 1. The summed E-state index contributed by atoms with van der Waals surface area (Å²) in [7, 11) is -2.31. The normalized spacial score (nSPS) is 19.7. The highest BCUT2D eigenvalue weighted by Gasteiger charge is 2.46. The third-order valence-electron chi connectivity index (χ3n) is 4.01. The second-order valence-electron chi connectivity index (χ2n) is 5.55. The number of amides is 3. The van der Waals surface area contributed by atoms with Crippen LogP contribution in [0.1, 0.15) is 5.56 Å². The maximum atomic E-state index is 12.7. The van der Waals surface area contributed by atoms with Gasteiger partial charge in [-0.25, -0.2) is 13.2 Å². The summed E-state index contributed by atoms with van der Waals surface area (Å²) in [6.07, 6.45) is 0. The van der Waals surface area contributed by atoms with Gasteiger partial charge >= 0.3 is 6.03 Å². The molecule has 1 N–H and O–H groups in total. The molecule has 0 spiro atoms. The van der Waals surface area contributed by atoms with Crippen molar-refractivity contribution in [3.63, 3.8) is 0 Å². The molecule has 2 saturated heterocycles. The SMILES string of the molecule is COc1ccc(C)cc1S(=O)(=O)N1CC(N2C(=O)CNC2=O)C1. The number of carbonyl (C=O) groups is 2. The highest BCUT2D eigenvalue weighted by atomic mass is 32.2. The molecule has 2 aliphatic heterocycles. The maximum Gasteiger partial charge on any atom is 0.324 e. The van der Waals surface area contributed by atoms with E-state index < -0.39 is 22.1 Å². The molecule has 2 aliphatic rings. The predicted molar refractivity (Wildman–Crippen MR) is 80.5 cm³/mol. The van der Waals surface area contributed by atoms with Gasteiger partial charge in [-0.2, -0.15) is 4.31 Å². The molecule has 1 aromatic rings. The van der Waals surface area contributed by atoms with E-state index in [1.165, 1.54) is 11.4 Å². The van der Waals surface area contributed by atoms with Crippen molar-refractivity contribution in [1.29, 1.82) is 0 Å². The molecule has 9 heteroatoms. The fraction of sp³-hybridized carbons (Fsp3) is 0.429. The van der Waals surface area contributed by atoms with Crippen LogP contribution in [0.2, 0.25) is 0 Å². The minimum atomic E-state index is -3.73. The lowest BCUT2D eigenvalue weighted by Gasteiger charge is -2.41. The fourth-order valence-electron chi connectivity index (χ4n) is 2.71. The molecule has 0 saturated carbocycles. The summed E-state index contributed by atoms with van der Waals surface area (Å²) in [5, 5.41) is 2.43. The fourth-order valence-corrected chi connectivity index (χ4v) is 4.46. The Morgan fingerprint density at radius 1 is 1.26 bits per heavy atom. The van der Waals surface area contributed by atoms with Crippen LogP contribution in [0.5, 0.6) is 5.75 Å². The zero-order chi connectivity index (χ0) is 16.8. The first-order valence-corrected chi connectivity index (χ1v) is 8.53. The molecule has 0 aliphatic carbocycles. The smallest absolute Gasteiger partial charge is 0.324 e. The van der Waals surface area contributed by atoms with E-state index in [0.29, 0.717) is 0 Å². The van der Waals surface area contributed by atoms with Crippen molar-refractivity contribution >= 4 is 22.0 Å². The van der Waals surface area contributed by atoms with E-state index in [1.54, 1.807) is 25.1 Å². The molecule has 3 amide bonds. The number of nitrogens with one attached hydrogen (secondary N) is 1. The first kappa shape index (κ1) is 15.8. The van der Waals surface area contributed by atoms with Gasteiger partial charge in [0, 0.05) is 13.1 Å². The Morgan fingerprint density at radius 3 is 2.52 bits per heavy atom. The Kier molecular flexibility index (Phi) is 3.77. The van der Waals surface area contributed by atoms with Gasteiger partial charge in [0.25, 0.3) is 0 Å². The van der Waals surface area contributed by atoms with Crippen molar-refractivity contribution in [3.8, 4) is 5.75 Å². The molecule has 23 heavy (non-hydrogen) atoms. The van der Waals surface area contributed by atoms with Gasteiger partial charge in [0.15, 0.2) is 0 Å². The first-order valence-electron chi connectivity index (χ1n) is 7.09. The molecule has 2 heterocycles. The van der Waals surface area contributed by atoms with Gasteiger partial charge in [-0.15, -0.1) is 0 Å². The quantitative estimate of drug-likeness (QED) is 0.775. The van der Waals surface area contributed by atoms with Crippen molar-refractivity contribution in [2.24, 2.45) is 0 Å². The van der Waals surface area contributed by atoms with Crippen LogP contribution < -0.4 is 10.1 Å². The topological polar surface area (TPSA) is 96.0 Å². The lowest BCUT2D eigenvalue weighted by Crippen LogP contribution is -2.62. The number of ether oxygens (including phenoxy) is 1. The Hall–Kier alpha value is -2.13. The highest BCUT2D eigenvalue weighted by molar-refractivity contribution is 7.89. The lowest BCUT2D eigenvalue weighted by molar-refractivity contribution is -0.128. The Balaban J connectivity index is 1.80. The molecule has 8 nitrogen and oxygen atoms in total. The number of benzene rings is 1. The molecular formula is C14H17N3O5S. The largest absolute Gasteiger partial charge is 0.495 e. The molecule has 0 aromatic heterocycles. The van der Waals surface area contributed by atoms with E-state index >= 15 is 0 Å². The summed E-state index contributed by atoms with van der Waals surface area (Å²) in [5.41, 5.74) is 0.801. The highest BCUT2D eigenvalue weighted by Crippen LogP contribution is 2.31. The zero-order valence-corrected chi connectivity index (χ0v) is 13.6. The lowest BCUT2D eigenvalue weighted by atomic mass is 10.1. The molecule has 3 rings (SSSR count). The monoisotopic (exact) mass is 339 g/mol. The summed E-state index contributed by atoms with van der Waals surface area (Å²) < 4.78 is 31.8. The van der Waals surface area contributed by atoms with E-state index in [0.717, 1.165) is 10.5 Å². The molecule has 0 unspecified atom stereocenters. The van der Waals surface area contributed by atoms with E-state index in [2.05, 4.69) is 5.32 Å². The maximum absolute atomic E-state index is 12.7. The van der Waals surface area contributed by atoms with Crippen molar-refractivity contribution in [3.05, 3.63) is 23.8 Å². The third-order valence-corrected chi connectivity index (χ3v) is 5.86. The van der Waals surface area contributed by atoms with Crippen LogP contribution >= 0.6 is 0 Å². The van der Waals surface area contributed by atoms with E-state index in [-0.39, 0.29) is 36.2 Å². The van der Waals surface area contributed by atoms with Gasteiger partial charge in [0.1, 0.15) is 10.6 Å². The van der Waals surface area contributed by atoms with Gasteiger partial charge in [-0.05, 0) is 24.6 Å². The summed E-state index contributed by atoms with van der Waals surface area (Å²) in [4.78, 5) is 24.4. The van der Waals surface area contributed by atoms with Gasteiger partial charge in [-0.3, -0.25) is 9.69 Å². The molecule has 0 atom stereocenters. The van der Waals surface area contributed by atoms with E-state index in [1.807, 2.05) is 0 Å². The minimum absolute atomic E-state index is 0.0339.